The van der Waals surface area contributed by atoms with Gasteiger partial charge in [-0.15, -0.1) is 0 Å². The van der Waals surface area contributed by atoms with E-state index in [1.807, 2.05) is 0 Å². The Kier molecular flexibility index (Phi) is 2.83. The van der Waals surface area contributed by atoms with Crippen LogP contribution < -0.4 is 4.74 Å². The van der Waals surface area contributed by atoms with E-state index in [0.29, 0.717) is 0 Å². The number of ether oxygens (including phenoxy) is 1. The SMILES string of the molecule is OC1(c2cccc3c2OCCC3)CCCCC1. The summed E-state index contributed by atoms with van der Waals surface area (Å²) in [6.07, 6.45) is 7.44. The van der Waals surface area contributed by atoms with Crippen molar-refractivity contribution in [2.45, 2.75) is 50.5 Å². The number of rotatable bonds is 1. The van der Waals surface area contributed by atoms with Crippen molar-refractivity contribution in [2.75, 3.05) is 6.61 Å². The molecule has 1 saturated carbocycles. The van der Waals surface area contributed by atoms with Crippen molar-refractivity contribution < 1.29 is 9.84 Å². The first-order valence-electron chi connectivity index (χ1n) is 6.77. The highest BCUT2D eigenvalue weighted by atomic mass is 16.5. The molecule has 0 atom stereocenters. The molecule has 2 heteroatoms. The number of hydrogen-bond donors (Lipinski definition) is 1. The summed E-state index contributed by atoms with van der Waals surface area (Å²) in [5.41, 5.74) is 1.67. The van der Waals surface area contributed by atoms with Crippen LogP contribution in [0, 0.1) is 0 Å². The van der Waals surface area contributed by atoms with E-state index in [2.05, 4.69) is 18.2 Å². The molecule has 0 saturated heterocycles. The number of aryl methyl sites for hydroxylation is 1. The van der Waals surface area contributed by atoms with Crippen molar-refractivity contribution in [1.82, 2.24) is 0 Å². The highest BCUT2D eigenvalue weighted by molar-refractivity contribution is 5.46. The lowest BCUT2D eigenvalue weighted by Gasteiger charge is -2.35. The van der Waals surface area contributed by atoms with Crippen LogP contribution in [0.2, 0.25) is 0 Å². The number of para-hydroxylation sites is 1. The second-order valence-electron chi connectivity index (χ2n) is 5.34. The topological polar surface area (TPSA) is 29.5 Å². The van der Waals surface area contributed by atoms with Gasteiger partial charge in [-0.3, -0.25) is 0 Å². The van der Waals surface area contributed by atoms with Gasteiger partial charge in [0.1, 0.15) is 5.75 Å². The quantitative estimate of drug-likeness (QED) is 0.806. The van der Waals surface area contributed by atoms with Gasteiger partial charge in [-0.2, -0.15) is 0 Å². The molecule has 1 heterocycles. The lowest BCUT2D eigenvalue weighted by Crippen LogP contribution is -2.30. The zero-order valence-corrected chi connectivity index (χ0v) is 10.2. The molecule has 1 N–H and O–H groups in total. The van der Waals surface area contributed by atoms with E-state index in [1.165, 1.54) is 12.0 Å². The Balaban J connectivity index is 2.01. The summed E-state index contributed by atoms with van der Waals surface area (Å²) in [6, 6.07) is 6.25. The number of fused-ring (bicyclic) bond motifs is 1. The van der Waals surface area contributed by atoms with Gasteiger partial charge in [0.2, 0.25) is 0 Å². The zero-order valence-electron chi connectivity index (χ0n) is 10.2. The summed E-state index contributed by atoms with van der Waals surface area (Å²) in [6.45, 7) is 0.792. The van der Waals surface area contributed by atoms with Gasteiger partial charge in [0.05, 0.1) is 12.2 Å². The summed E-state index contributed by atoms with van der Waals surface area (Å²) in [4.78, 5) is 0. The first-order chi connectivity index (χ1) is 8.30. The van der Waals surface area contributed by atoms with Crippen molar-refractivity contribution in [2.24, 2.45) is 0 Å². The third-order valence-corrected chi connectivity index (χ3v) is 4.12. The van der Waals surface area contributed by atoms with Gasteiger partial charge in [-0.25, -0.2) is 0 Å². The Bertz CT molecular complexity index is 405. The highest BCUT2D eigenvalue weighted by Gasteiger charge is 2.35. The Hall–Kier alpha value is -1.02. The molecule has 92 valence electrons. The van der Waals surface area contributed by atoms with E-state index >= 15 is 0 Å². The smallest absolute Gasteiger partial charge is 0.128 e. The molecule has 0 bridgehead atoms. The average molecular weight is 232 g/mol. The number of hydrogen-bond acceptors (Lipinski definition) is 2. The van der Waals surface area contributed by atoms with E-state index in [-0.39, 0.29) is 0 Å². The molecule has 2 aliphatic rings. The largest absolute Gasteiger partial charge is 0.493 e. The Morgan fingerprint density at radius 2 is 1.88 bits per heavy atom. The van der Waals surface area contributed by atoms with E-state index in [1.54, 1.807) is 0 Å². The van der Waals surface area contributed by atoms with Crippen molar-refractivity contribution in [1.29, 1.82) is 0 Å². The third-order valence-electron chi connectivity index (χ3n) is 4.12. The summed E-state index contributed by atoms with van der Waals surface area (Å²) >= 11 is 0. The van der Waals surface area contributed by atoms with Crippen molar-refractivity contribution in [3.63, 3.8) is 0 Å². The molecule has 3 rings (SSSR count). The maximum absolute atomic E-state index is 10.8. The first kappa shape index (κ1) is 11.1. The van der Waals surface area contributed by atoms with Crippen molar-refractivity contribution in [3.05, 3.63) is 29.3 Å². The van der Waals surface area contributed by atoms with Crippen LogP contribution in [-0.2, 0) is 12.0 Å². The molecule has 0 unspecified atom stereocenters. The van der Waals surface area contributed by atoms with E-state index < -0.39 is 5.60 Å². The molecule has 2 nitrogen and oxygen atoms in total. The fraction of sp³-hybridized carbons (Fsp3) is 0.600. The summed E-state index contributed by atoms with van der Waals surface area (Å²) in [5.74, 6) is 0.975. The van der Waals surface area contributed by atoms with Gasteiger partial charge in [0.25, 0.3) is 0 Å². The predicted octanol–water partition coefficient (Wildman–Crippen LogP) is 3.16. The normalized spacial score (nSPS) is 22.6. The standard InChI is InChI=1S/C15H20O2/c16-15(9-2-1-3-10-15)13-8-4-6-12-7-5-11-17-14(12)13/h4,6,8,16H,1-3,5,7,9-11H2. The maximum Gasteiger partial charge on any atom is 0.128 e. The second kappa shape index (κ2) is 4.34. The minimum Gasteiger partial charge on any atom is -0.493 e. The Labute approximate surface area is 103 Å². The van der Waals surface area contributed by atoms with Crippen LogP contribution in [0.4, 0.5) is 0 Å². The molecule has 1 aromatic rings. The van der Waals surface area contributed by atoms with Gasteiger partial charge in [-0.05, 0) is 31.2 Å². The van der Waals surface area contributed by atoms with E-state index in [4.69, 9.17) is 4.74 Å². The van der Waals surface area contributed by atoms with E-state index in [0.717, 1.165) is 56.4 Å². The molecule has 0 aromatic heterocycles. The molecule has 0 spiro atoms. The van der Waals surface area contributed by atoms with Gasteiger partial charge >= 0.3 is 0 Å². The van der Waals surface area contributed by atoms with Gasteiger partial charge in [0.15, 0.2) is 0 Å². The molecule has 0 amide bonds. The highest BCUT2D eigenvalue weighted by Crippen LogP contribution is 2.43. The molecular formula is C15H20O2. The van der Waals surface area contributed by atoms with Crippen LogP contribution in [0.3, 0.4) is 0 Å². The minimum atomic E-state index is -0.638. The fourth-order valence-corrected chi connectivity index (χ4v) is 3.16. The summed E-state index contributed by atoms with van der Waals surface area (Å²) < 4.78 is 5.81. The maximum atomic E-state index is 10.8. The van der Waals surface area contributed by atoms with Crippen LogP contribution >= 0.6 is 0 Å². The van der Waals surface area contributed by atoms with Crippen LogP contribution in [-0.4, -0.2) is 11.7 Å². The molecule has 0 radical (unpaired) electrons. The molecule has 1 fully saturated rings. The first-order valence-corrected chi connectivity index (χ1v) is 6.77. The molecular weight excluding hydrogens is 212 g/mol. The van der Waals surface area contributed by atoms with Gasteiger partial charge in [0, 0.05) is 5.56 Å². The van der Waals surface area contributed by atoms with E-state index in [9.17, 15) is 5.11 Å². The molecule has 1 aliphatic heterocycles. The summed E-state index contributed by atoms with van der Waals surface area (Å²) in [5, 5.41) is 10.8. The Morgan fingerprint density at radius 1 is 1.06 bits per heavy atom. The van der Waals surface area contributed by atoms with Gasteiger partial charge < -0.3 is 9.84 Å². The minimum absolute atomic E-state index is 0.638. The second-order valence-corrected chi connectivity index (χ2v) is 5.34. The number of aliphatic hydroxyl groups is 1. The van der Waals surface area contributed by atoms with Crippen LogP contribution in [0.15, 0.2) is 18.2 Å². The summed E-state index contributed by atoms with van der Waals surface area (Å²) in [7, 11) is 0. The van der Waals surface area contributed by atoms with Crippen LogP contribution in [0.25, 0.3) is 0 Å². The monoisotopic (exact) mass is 232 g/mol. The van der Waals surface area contributed by atoms with Gasteiger partial charge in [-0.1, -0.05) is 37.5 Å². The fourth-order valence-electron chi connectivity index (χ4n) is 3.16. The lowest BCUT2D eigenvalue weighted by atomic mass is 9.78. The predicted molar refractivity (Wildman–Crippen MR) is 67.2 cm³/mol. The average Bonchev–Trinajstić information content (AvgIpc) is 2.39. The zero-order chi connectivity index (χ0) is 11.7. The third kappa shape index (κ3) is 1.95. The number of benzene rings is 1. The van der Waals surface area contributed by atoms with Crippen LogP contribution in [0.1, 0.15) is 49.7 Å². The molecule has 1 aliphatic carbocycles. The van der Waals surface area contributed by atoms with Crippen LogP contribution in [0.5, 0.6) is 5.75 Å². The molecule has 1 aromatic carbocycles. The van der Waals surface area contributed by atoms with Crippen molar-refractivity contribution in [3.8, 4) is 5.75 Å². The van der Waals surface area contributed by atoms with Crippen molar-refractivity contribution >= 4 is 0 Å². The Morgan fingerprint density at radius 3 is 2.71 bits per heavy atom. The molecule has 17 heavy (non-hydrogen) atoms. The lowest BCUT2D eigenvalue weighted by molar-refractivity contribution is -0.00346.